The lowest BCUT2D eigenvalue weighted by molar-refractivity contribution is -0.145. The SMILES string of the molecule is CC(C)(C)C1C(=O)O[C@H]2C=CC(Oc3ccccc3)=C[C@@H]12. The van der Waals surface area contributed by atoms with E-state index in [4.69, 9.17) is 9.47 Å². The first-order chi connectivity index (χ1) is 9.95. The van der Waals surface area contributed by atoms with Gasteiger partial charge in [0.15, 0.2) is 0 Å². The Morgan fingerprint density at radius 2 is 1.86 bits per heavy atom. The maximum atomic E-state index is 12.1. The zero-order valence-electron chi connectivity index (χ0n) is 12.6. The van der Waals surface area contributed by atoms with Crippen molar-refractivity contribution in [1.29, 1.82) is 0 Å². The zero-order chi connectivity index (χ0) is 15.0. The Hall–Kier alpha value is -2.03. The molecule has 0 bridgehead atoms. The van der Waals surface area contributed by atoms with Gasteiger partial charge in [0, 0.05) is 5.92 Å². The highest BCUT2D eigenvalue weighted by Gasteiger charge is 2.49. The monoisotopic (exact) mass is 284 g/mol. The molecule has 0 spiro atoms. The molecular weight excluding hydrogens is 264 g/mol. The number of esters is 1. The molecule has 1 fully saturated rings. The van der Waals surface area contributed by atoms with Crippen molar-refractivity contribution in [2.24, 2.45) is 17.3 Å². The summed E-state index contributed by atoms with van der Waals surface area (Å²) in [5.41, 5.74) is -0.129. The first-order valence-corrected chi connectivity index (χ1v) is 7.28. The van der Waals surface area contributed by atoms with Crippen molar-refractivity contribution in [2.75, 3.05) is 0 Å². The van der Waals surface area contributed by atoms with Crippen LogP contribution >= 0.6 is 0 Å². The average Bonchev–Trinajstić information content (AvgIpc) is 2.75. The van der Waals surface area contributed by atoms with Crippen molar-refractivity contribution < 1.29 is 14.3 Å². The zero-order valence-corrected chi connectivity index (χ0v) is 12.6. The van der Waals surface area contributed by atoms with E-state index >= 15 is 0 Å². The number of para-hydroxylation sites is 1. The van der Waals surface area contributed by atoms with Crippen molar-refractivity contribution in [1.82, 2.24) is 0 Å². The average molecular weight is 284 g/mol. The summed E-state index contributed by atoms with van der Waals surface area (Å²) in [6, 6.07) is 9.65. The molecule has 1 aliphatic heterocycles. The first-order valence-electron chi connectivity index (χ1n) is 7.28. The number of hydrogen-bond acceptors (Lipinski definition) is 3. The summed E-state index contributed by atoms with van der Waals surface area (Å²) in [7, 11) is 0. The van der Waals surface area contributed by atoms with E-state index in [0.29, 0.717) is 0 Å². The molecule has 3 heteroatoms. The molecule has 0 aromatic heterocycles. The highest BCUT2D eigenvalue weighted by molar-refractivity contribution is 5.77. The van der Waals surface area contributed by atoms with E-state index in [0.717, 1.165) is 11.5 Å². The van der Waals surface area contributed by atoms with Gasteiger partial charge in [0.05, 0.1) is 5.92 Å². The topological polar surface area (TPSA) is 35.5 Å². The van der Waals surface area contributed by atoms with Crippen molar-refractivity contribution in [2.45, 2.75) is 26.9 Å². The maximum Gasteiger partial charge on any atom is 0.310 e. The summed E-state index contributed by atoms with van der Waals surface area (Å²) in [5, 5.41) is 0. The lowest BCUT2D eigenvalue weighted by atomic mass is 9.72. The molecular formula is C18H20O3. The molecule has 1 unspecified atom stereocenters. The molecule has 21 heavy (non-hydrogen) atoms. The summed E-state index contributed by atoms with van der Waals surface area (Å²) in [6.07, 6.45) is 5.67. The number of hydrogen-bond donors (Lipinski definition) is 0. The van der Waals surface area contributed by atoms with Crippen LogP contribution in [-0.2, 0) is 9.53 Å². The Labute approximate surface area is 125 Å². The van der Waals surface area contributed by atoms with E-state index in [1.165, 1.54) is 0 Å². The van der Waals surface area contributed by atoms with Gasteiger partial charge in [-0.05, 0) is 35.8 Å². The van der Waals surface area contributed by atoms with Gasteiger partial charge in [-0.15, -0.1) is 0 Å². The molecule has 3 atom stereocenters. The normalized spacial score (nSPS) is 27.9. The predicted octanol–water partition coefficient (Wildman–Crippen LogP) is 3.72. The van der Waals surface area contributed by atoms with Crippen LogP contribution in [0.5, 0.6) is 5.75 Å². The Morgan fingerprint density at radius 1 is 1.14 bits per heavy atom. The molecule has 0 N–H and O–H groups in total. The highest BCUT2D eigenvalue weighted by Crippen LogP contribution is 2.43. The van der Waals surface area contributed by atoms with Crippen LogP contribution < -0.4 is 4.74 Å². The number of ether oxygens (including phenoxy) is 2. The molecule has 0 radical (unpaired) electrons. The molecule has 110 valence electrons. The largest absolute Gasteiger partial charge is 0.458 e. The fourth-order valence-corrected chi connectivity index (χ4v) is 3.05. The molecule has 1 aromatic carbocycles. The molecule has 0 amide bonds. The van der Waals surface area contributed by atoms with Gasteiger partial charge >= 0.3 is 5.97 Å². The van der Waals surface area contributed by atoms with Crippen molar-refractivity contribution in [3.8, 4) is 5.75 Å². The van der Waals surface area contributed by atoms with Gasteiger partial charge in [0.2, 0.25) is 0 Å². The second kappa shape index (κ2) is 5.06. The number of benzene rings is 1. The van der Waals surface area contributed by atoms with Crippen LogP contribution in [0.15, 0.2) is 54.3 Å². The van der Waals surface area contributed by atoms with Crippen LogP contribution in [0.1, 0.15) is 20.8 Å². The van der Waals surface area contributed by atoms with Gasteiger partial charge < -0.3 is 9.47 Å². The first kappa shape index (κ1) is 13.9. The number of carbonyl (C=O) groups is 1. The van der Waals surface area contributed by atoms with Crippen LogP contribution in [0.2, 0.25) is 0 Å². The number of fused-ring (bicyclic) bond motifs is 1. The summed E-state index contributed by atoms with van der Waals surface area (Å²) < 4.78 is 11.3. The molecule has 3 nitrogen and oxygen atoms in total. The fourth-order valence-electron chi connectivity index (χ4n) is 3.05. The summed E-state index contributed by atoms with van der Waals surface area (Å²) >= 11 is 0. The highest BCUT2D eigenvalue weighted by atomic mass is 16.6. The van der Waals surface area contributed by atoms with E-state index in [1.54, 1.807) is 0 Å². The standard InChI is InChI=1S/C18H20O3/c1-18(2,3)16-14-11-13(9-10-15(14)21-17(16)19)20-12-7-5-4-6-8-12/h4-11,14-16H,1-3H3/t14-,15+,16?/m1/s1. The molecule has 1 aromatic rings. The van der Waals surface area contributed by atoms with Gasteiger partial charge in [-0.25, -0.2) is 0 Å². The van der Waals surface area contributed by atoms with E-state index in [9.17, 15) is 4.79 Å². The molecule has 1 saturated heterocycles. The van der Waals surface area contributed by atoms with E-state index in [2.05, 4.69) is 20.8 Å². The second-order valence-electron chi connectivity index (χ2n) is 6.67. The summed E-state index contributed by atoms with van der Waals surface area (Å²) in [5.74, 6) is 1.36. The van der Waals surface area contributed by atoms with Crippen LogP contribution in [-0.4, -0.2) is 12.1 Å². The van der Waals surface area contributed by atoms with Gasteiger partial charge in [0.1, 0.15) is 17.6 Å². The van der Waals surface area contributed by atoms with Gasteiger partial charge in [0.25, 0.3) is 0 Å². The van der Waals surface area contributed by atoms with E-state index in [1.807, 2.05) is 48.6 Å². The maximum absolute atomic E-state index is 12.1. The van der Waals surface area contributed by atoms with Gasteiger partial charge in [-0.2, -0.15) is 0 Å². The third-order valence-electron chi connectivity index (χ3n) is 3.99. The number of carbonyl (C=O) groups excluding carboxylic acids is 1. The van der Waals surface area contributed by atoms with Crippen LogP contribution in [0, 0.1) is 17.3 Å². The second-order valence-corrected chi connectivity index (χ2v) is 6.67. The summed E-state index contributed by atoms with van der Waals surface area (Å²) in [4.78, 5) is 12.1. The van der Waals surface area contributed by atoms with Crippen LogP contribution in [0.25, 0.3) is 0 Å². The quantitative estimate of drug-likeness (QED) is 0.776. The smallest absolute Gasteiger partial charge is 0.310 e. The third-order valence-corrected chi connectivity index (χ3v) is 3.99. The summed E-state index contributed by atoms with van der Waals surface area (Å²) in [6.45, 7) is 6.22. The van der Waals surface area contributed by atoms with E-state index in [-0.39, 0.29) is 29.3 Å². The molecule has 1 heterocycles. The molecule has 0 saturated carbocycles. The van der Waals surface area contributed by atoms with Crippen molar-refractivity contribution in [3.63, 3.8) is 0 Å². The molecule has 3 rings (SSSR count). The fraction of sp³-hybridized carbons (Fsp3) is 0.389. The van der Waals surface area contributed by atoms with Crippen LogP contribution in [0.3, 0.4) is 0 Å². The number of rotatable bonds is 2. The Morgan fingerprint density at radius 3 is 2.52 bits per heavy atom. The Bertz CT molecular complexity index is 593. The minimum atomic E-state index is -0.162. The lowest BCUT2D eigenvalue weighted by Gasteiger charge is -2.29. The minimum absolute atomic E-state index is 0.0428. The van der Waals surface area contributed by atoms with E-state index < -0.39 is 0 Å². The van der Waals surface area contributed by atoms with Crippen molar-refractivity contribution in [3.05, 3.63) is 54.3 Å². The van der Waals surface area contributed by atoms with Gasteiger partial charge in [-0.3, -0.25) is 4.79 Å². The molecule has 1 aliphatic carbocycles. The van der Waals surface area contributed by atoms with Gasteiger partial charge in [-0.1, -0.05) is 39.0 Å². The number of allylic oxidation sites excluding steroid dienone is 1. The van der Waals surface area contributed by atoms with Crippen molar-refractivity contribution >= 4 is 5.97 Å². The molecule has 2 aliphatic rings. The Balaban J connectivity index is 1.84. The third kappa shape index (κ3) is 2.73. The Kier molecular flexibility index (Phi) is 3.36. The predicted molar refractivity (Wildman–Crippen MR) is 80.6 cm³/mol. The minimum Gasteiger partial charge on any atom is -0.458 e. The lowest BCUT2D eigenvalue weighted by Crippen LogP contribution is -2.31. The van der Waals surface area contributed by atoms with Crippen LogP contribution in [0.4, 0.5) is 0 Å².